The molecule has 0 fully saturated rings. The van der Waals surface area contributed by atoms with Crippen molar-refractivity contribution in [3.05, 3.63) is 0 Å². The minimum absolute atomic E-state index is 0.509. The summed E-state index contributed by atoms with van der Waals surface area (Å²) >= 11 is 0. The third-order valence-corrected chi connectivity index (χ3v) is 1.97. The molecule has 0 aromatic rings. The van der Waals surface area contributed by atoms with E-state index in [1.165, 1.54) is 0 Å². The maximum Gasteiger partial charge on any atom is 0.204 e. The molecule has 0 aliphatic carbocycles. The number of hydrogen-bond acceptors (Lipinski definition) is 3. The lowest BCUT2D eigenvalue weighted by molar-refractivity contribution is 0.348. The van der Waals surface area contributed by atoms with E-state index in [1.54, 1.807) is 0 Å². The second kappa shape index (κ2) is 6.27. The van der Waals surface area contributed by atoms with E-state index in [-0.39, 0.29) is 0 Å². The lowest BCUT2D eigenvalue weighted by Gasteiger charge is -2.00. The van der Waals surface area contributed by atoms with Gasteiger partial charge in [0.1, 0.15) is 0 Å². The van der Waals surface area contributed by atoms with E-state index in [0.717, 1.165) is 6.54 Å². The van der Waals surface area contributed by atoms with Crippen molar-refractivity contribution in [1.82, 2.24) is 5.32 Å². The van der Waals surface area contributed by atoms with Crippen molar-refractivity contribution < 1.29 is 9.09 Å². The van der Waals surface area contributed by atoms with E-state index < -0.39 is 8.03 Å². The maximum atomic E-state index is 10.7. The van der Waals surface area contributed by atoms with Gasteiger partial charge in [0, 0.05) is 0 Å². The van der Waals surface area contributed by atoms with Gasteiger partial charge < -0.3 is 9.84 Å². The Morgan fingerprint density at radius 3 is 2.67 bits per heavy atom. The van der Waals surface area contributed by atoms with Gasteiger partial charge in [-0.2, -0.15) is 0 Å². The van der Waals surface area contributed by atoms with Crippen LogP contribution in [0, 0.1) is 0 Å². The van der Waals surface area contributed by atoms with Crippen molar-refractivity contribution in [3.8, 4) is 0 Å². The molecule has 0 bridgehead atoms. The first-order chi connectivity index (χ1) is 4.31. The minimum atomic E-state index is -1.76. The highest BCUT2D eigenvalue weighted by Crippen LogP contribution is 2.18. The summed E-state index contributed by atoms with van der Waals surface area (Å²) in [5.41, 5.74) is 0. The predicted molar refractivity (Wildman–Crippen MR) is 39.2 cm³/mol. The quantitative estimate of drug-likeness (QED) is 0.597. The van der Waals surface area contributed by atoms with Gasteiger partial charge >= 0.3 is 0 Å². The minimum Gasteiger partial charge on any atom is -0.330 e. The lowest BCUT2D eigenvalue weighted by Crippen LogP contribution is -2.11. The molecule has 4 heteroatoms. The van der Waals surface area contributed by atoms with Gasteiger partial charge in [-0.25, -0.2) is 0 Å². The molecule has 0 saturated heterocycles. The predicted octanol–water partition coefficient (Wildman–Crippen LogP) is 1.06. The number of rotatable bonds is 5. The van der Waals surface area contributed by atoms with Crippen LogP contribution >= 0.6 is 8.03 Å². The molecular formula is C5H14NO2P. The van der Waals surface area contributed by atoms with Gasteiger partial charge in [-0.1, -0.05) is 6.92 Å². The molecule has 0 heterocycles. The van der Waals surface area contributed by atoms with Gasteiger partial charge in [0.05, 0.1) is 12.9 Å². The van der Waals surface area contributed by atoms with Crippen LogP contribution in [-0.2, 0) is 9.09 Å². The van der Waals surface area contributed by atoms with E-state index in [0.29, 0.717) is 12.9 Å². The van der Waals surface area contributed by atoms with Crippen molar-refractivity contribution >= 4 is 8.03 Å². The first kappa shape index (κ1) is 9.15. The Bertz CT molecular complexity index is 87.0. The largest absolute Gasteiger partial charge is 0.330 e. The molecule has 3 nitrogen and oxygen atoms in total. The highest BCUT2D eigenvalue weighted by atomic mass is 31.1. The Morgan fingerprint density at radius 2 is 2.22 bits per heavy atom. The van der Waals surface area contributed by atoms with Crippen LogP contribution in [0.1, 0.15) is 13.8 Å². The van der Waals surface area contributed by atoms with E-state index in [2.05, 4.69) is 5.32 Å². The highest BCUT2D eigenvalue weighted by Gasteiger charge is 1.93. The van der Waals surface area contributed by atoms with Gasteiger partial charge in [0.15, 0.2) is 0 Å². The Kier molecular flexibility index (Phi) is 6.38. The van der Waals surface area contributed by atoms with Crippen molar-refractivity contribution in [2.45, 2.75) is 13.8 Å². The van der Waals surface area contributed by atoms with Crippen LogP contribution < -0.4 is 5.32 Å². The average Bonchev–Trinajstić information content (AvgIpc) is 1.85. The Balaban J connectivity index is 3.06. The Labute approximate surface area is 56.7 Å². The molecule has 0 saturated carbocycles. The van der Waals surface area contributed by atoms with Crippen molar-refractivity contribution in [1.29, 1.82) is 0 Å². The zero-order valence-corrected chi connectivity index (χ0v) is 6.94. The highest BCUT2D eigenvalue weighted by molar-refractivity contribution is 7.39. The standard InChI is InChI=1S/C5H14NO2P/c1-3-6-5-9(7)8-4-2/h6,9H,3-5H2,1-2H3. The summed E-state index contributed by atoms with van der Waals surface area (Å²) in [5, 5.41) is 2.94. The Morgan fingerprint density at radius 1 is 1.56 bits per heavy atom. The molecular weight excluding hydrogens is 137 g/mol. The third-order valence-electron chi connectivity index (χ3n) is 0.825. The first-order valence-corrected chi connectivity index (χ1v) is 4.70. The maximum absolute atomic E-state index is 10.7. The Hall–Kier alpha value is 0.150. The van der Waals surface area contributed by atoms with E-state index in [9.17, 15) is 4.57 Å². The van der Waals surface area contributed by atoms with E-state index in [4.69, 9.17) is 4.52 Å². The van der Waals surface area contributed by atoms with Crippen LogP contribution in [0.15, 0.2) is 0 Å². The van der Waals surface area contributed by atoms with Crippen molar-refractivity contribution in [3.63, 3.8) is 0 Å². The molecule has 1 N–H and O–H groups in total. The summed E-state index contributed by atoms with van der Waals surface area (Å²) in [6, 6.07) is 0. The molecule has 0 spiro atoms. The summed E-state index contributed by atoms with van der Waals surface area (Å²) in [6.45, 7) is 5.21. The topological polar surface area (TPSA) is 38.3 Å². The van der Waals surface area contributed by atoms with Crippen LogP contribution in [0.25, 0.3) is 0 Å². The number of hydrogen-bond donors (Lipinski definition) is 1. The smallest absolute Gasteiger partial charge is 0.204 e. The second-order valence-corrected chi connectivity index (χ2v) is 2.97. The molecule has 0 aliphatic heterocycles. The summed E-state index contributed by atoms with van der Waals surface area (Å²) in [4.78, 5) is 0. The molecule has 56 valence electrons. The van der Waals surface area contributed by atoms with Crippen LogP contribution in [0.5, 0.6) is 0 Å². The van der Waals surface area contributed by atoms with Crippen molar-refractivity contribution in [2.75, 3.05) is 19.4 Å². The summed E-state index contributed by atoms with van der Waals surface area (Å²) < 4.78 is 15.5. The molecule has 0 radical (unpaired) electrons. The summed E-state index contributed by atoms with van der Waals surface area (Å²) in [6.07, 6.45) is 0.509. The second-order valence-electron chi connectivity index (χ2n) is 1.59. The summed E-state index contributed by atoms with van der Waals surface area (Å²) in [5.74, 6) is 0. The summed E-state index contributed by atoms with van der Waals surface area (Å²) in [7, 11) is -1.76. The fraction of sp³-hybridized carbons (Fsp3) is 1.00. The molecule has 0 aromatic carbocycles. The SMILES string of the molecule is CCNC[PH](=O)OCC. The van der Waals surface area contributed by atoms with Gasteiger partial charge in [-0.15, -0.1) is 0 Å². The number of nitrogens with one attached hydrogen (secondary N) is 1. The van der Waals surface area contributed by atoms with Gasteiger partial charge in [0.25, 0.3) is 0 Å². The van der Waals surface area contributed by atoms with Crippen LogP contribution in [0.3, 0.4) is 0 Å². The van der Waals surface area contributed by atoms with Crippen LogP contribution in [-0.4, -0.2) is 19.4 Å². The molecule has 1 atom stereocenters. The van der Waals surface area contributed by atoms with E-state index in [1.807, 2.05) is 13.8 Å². The third kappa shape index (κ3) is 6.03. The normalized spacial score (nSPS) is 13.6. The molecule has 9 heavy (non-hydrogen) atoms. The van der Waals surface area contributed by atoms with Gasteiger partial charge in [-0.05, 0) is 13.5 Å². The van der Waals surface area contributed by atoms with Gasteiger partial charge in [0.2, 0.25) is 8.03 Å². The van der Waals surface area contributed by atoms with E-state index >= 15 is 0 Å². The fourth-order valence-electron chi connectivity index (χ4n) is 0.439. The molecule has 1 unspecified atom stereocenters. The molecule has 0 rings (SSSR count). The zero-order valence-electron chi connectivity index (χ0n) is 5.94. The van der Waals surface area contributed by atoms with Crippen LogP contribution in [0.2, 0.25) is 0 Å². The first-order valence-electron chi connectivity index (χ1n) is 3.17. The molecule has 0 aromatic heterocycles. The molecule has 0 amide bonds. The van der Waals surface area contributed by atoms with Crippen LogP contribution in [0.4, 0.5) is 0 Å². The average molecular weight is 151 g/mol. The van der Waals surface area contributed by atoms with Gasteiger partial charge in [-0.3, -0.25) is 4.57 Å². The van der Waals surface area contributed by atoms with Crippen molar-refractivity contribution in [2.24, 2.45) is 0 Å². The monoisotopic (exact) mass is 151 g/mol. The zero-order chi connectivity index (χ0) is 7.11. The fourth-order valence-corrected chi connectivity index (χ4v) is 1.32. The lowest BCUT2D eigenvalue weighted by atomic mass is 10.8. The molecule has 0 aliphatic rings.